The van der Waals surface area contributed by atoms with Crippen molar-refractivity contribution >= 4 is 11.7 Å². The quantitative estimate of drug-likeness (QED) is 0.840. The van der Waals surface area contributed by atoms with E-state index in [0.29, 0.717) is 12.0 Å². The Morgan fingerprint density at radius 2 is 1.94 bits per heavy atom. The summed E-state index contributed by atoms with van der Waals surface area (Å²) >= 11 is 0. The van der Waals surface area contributed by atoms with Crippen molar-refractivity contribution in [3.63, 3.8) is 0 Å². The Morgan fingerprint density at radius 3 is 2.38 bits per heavy atom. The summed E-state index contributed by atoms with van der Waals surface area (Å²) in [5.74, 6) is -0.193. The van der Waals surface area contributed by atoms with E-state index in [9.17, 15) is 9.59 Å². The van der Waals surface area contributed by atoms with Crippen molar-refractivity contribution < 1.29 is 9.59 Å². The molecule has 0 radical (unpaired) electrons. The van der Waals surface area contributed by atoms with E-state index in [4.69, 9.17) is 5.73 Å². The van der Waals surface area contributed by atoms with Gasteiger partial charge in [-0.25, -0.2) is 0 Å². The number of rotatable bonds is 4. The topological polar surface area (TPSA) is 60.2 Å². The highest BCUT2D eigenvalue weighted by molar-refractivity contribution is 5.94. The normalized spacial score (nSPS) is 10.5. The van der Waals surface area contributed by atoms with Crippen LogP contribution in [0.15, 0.2) is 18.2 Å². The molecule has 16 heavy (non-hydrogen) atoms. The summed E-state index contributed by atoms with van der Waals surface area (Å²) in [5, 5.41) is 0. The van der Waals surface area contributed by atoms with Crippen LogP contribution in [0, 0.1) is 12.8 Å². The highest BCUT2D eigenvalue weighted by Gasteiger charge is 2.10. The minimum Gasteiger partial charge on any atom is -0.366 e. The zero-order chi connectivity index (χ0) is 12.3. The van der Waals surface area contributed by atoms with Gasteiger partial charge >= 0.3 is 0 Å². The van der Waals surface area contributed by atoms with Gasteiger partial charge in [0.2, 0.25) is 5.91 Å². The number of ketones is 1. The van der Waals surface area contributed by atoms with Gasteiger partial charge in [-0.3, -0.25) is 9.59 Å². The van der Waals surface area contributed by atoms with Gasteiger partial charge in [-0.05, 0) is 24.1 Å². The molecule has 0 aliphatic carbocycles. The Morgan fingerprint density at radius 1 is 1.31 bits per heavy atom. The second-order valence-electron chi connectivity index (χ2n) is 4.31. The smallest absolute Gasteiger partial charge is 0.248 e. The molecule has 0 aromatic heterocycles. The summed E-state index contributed by atoms with van der Waals surface area (Å²) in [6, 6.07) is 5.31. The molecule has 1 aromatic carbocycles. The van der Waals surface area contributed by atoms with Gasteiger partial charge in [0.25, 0.3) is 0 Å². The van der Waals surface area contributed by atoms with Crippen molar-refractivity contribution in [3.8, 4) is 0 Å². The Labute approximate surface area is 95.6 Å². The number of primary amides is 1. The average molecular weight is 219 g/mol. The van der Waals surface area contributed by atoms with Crippen molar-refractivity contribution in [2.75, 3.05) is 0 Å². The van der Waals surface area contributed by atoms with Crippen LogP contribution in [0.3, 0.4) is 0 Å². The lowest BCUT2D eigenvalue weighted by atomic mass is 9.98. The first-order valence-electron chi connectivity index (χ1n) is 5.34. The highest BCUT2D eigenvalue weighted by atomic mass is 16.1. The largest absolute Gasteiger partial charge is 0.366 e. The Kier molecular flexibility index (Phi) is 3.82. The maximum atomic E-state index is 11.6. The molecule has 1 rings (SSSR count). The summed E-state index contributed by atoms with van der Waals surface area (Å²) < 4.78 is 0. The fourth-order valence-corrected chi connectivity index (χ4v) is 1.52. The molecule has 86 valence electrons. The summed E-state index contributed by atoms with van der Waals surface area (Å²) in [6.07, 6.45) is 0.414. The number of amides is 1. The monoisotopic (exact) mass is 219 g/mol. The zero-order valence-electron chi connectivity index (χ0n) is 9.91. The van der Waals surface area contributed by atoms with E-state index in [1.807, 2.05) is 26.8 Å². The van der Waals surface area contributed by atoms with Gasteiger partial charge in [0.15, 0.2) is 0 Å². The fraction of sp³-hybridized carbons (Fsp3) is 0.385. The maximum absolute atomic E-state index is 11.6. The van der Waals surface area contributed by atoms with Crippen molar-refractivity contribution in [1.82, 2.24) is 0 Å². The van der Waals surface area contributed by atoms with Crippen LogP contribution in [0.25, 0.3) is 0 Å². The first-order valence-corrected chi connectivity index (χ1v) is 5.34. The molecule has 1 amide bonds. The van der Waals surface area contributed by atoms with Gasteiger partial charge in [0.1, 0.15) is 5.78 Å². The summed E-state index contributed by atoms with van der Waals surface area (Å²) in [7, 11) is 0. The molecule has 0 saturated carbocycles. The third kappa shape index (κ3) is 2.92. The van der Waals surface area contributed by atoms with Crippen molar-refractivity contribution in [2.24, 2.45) is 11.7 Å². The molecule has 0 unspecified atom stereocenters. The second kappa shape index (κ2) is 4.92. The third-order valence-corrected chi connectivity index (χ3v) is 2.58. The number of carbonyl (C=O) groups is 2. The van der Waals surface area contributed by atoms with Crippen LogP contribution < -0.4 is 5.73 Å². The van der Waals surface area contributed by atoms with Crippen LogP contribution in [0.5, 0.6) is 0 Å². The molecular formula is C13H17NO2. The summed E-state index contributed by atoms with van der Waals surface area (Å²) in [5.41, 5.74) is 7.48. The number of nitrogens with two attached hydrogens (primary N) is 1. The Hall–Kier alpha value is -1.64. The Bertz CT molecular complexity index is 422. The number of hydrogen-bond donors (Lipinski definition) is 1. The van der Waals surface area contributed by atoms with E-state index in [1.165, 1.54) is 0 Å². The molecule has 0 aliphatic heterocycles. The van der Waals surface area contributed by atoms with Crippen LogP contribution in [0.4, 0.5) is 0 Å². The van der Waals surface area contributed by atoms with E-state index in [2.05, 4.69) is 0 Å². The van der Waals surface area contributed by atoms with Gasteiger partial charge in [-0.15, -0.1) is 0 Å². The number of benzene rings is 1. The van der Waals surface area contributed by atoms with Crippen LogP contribution in [-0.2, 0) is 11.2 Å². The molecule has 0 heterocycles. The molecule has 0 bridgehead atoms. The van der Waals surface area contributed by atoms with Crippen molar-refractivity contribution in [2.45, 2.75) is 27.2 Å². The molecule has 3 heteroatoms. The molecule has 3 nitrogen and oxygen atoms in total. The second-order valence-corrected chi connectivity index (χ2v) is 4.31. The van der Waals surface area contributed by atoms with E-state index < -0.39 is 5.91 Å². The van der Waals surface area contributed by atoms with Gasteiger partial charge < -0.3 is 5.73 Å². The van der Waals surface area contributed by atoms with Gasteiger partial charge in [0.05, 0.1) is 0 Å². The standard InChI is InChI=1S/C13H17NO2/c1-8(2)12(15)7-10-4-5-11(13(14)16)9(3)6-10/h4-6,8H,7H2,1-3H3,(H2,14,16). The molecular weight excluding hydrogens is 202 g/mol. The first kappa shape index (κ1) is 12.4. The molecule has 0 aliphatic rings. The molecule has 0 saturated heterocycles. The lowest BCUT2D eigenvalue weighted by Gasteiger charge is -2.07. The van der Waals surface area contributed by atoms with Crippen LogP contribution in [-0.4, -0.2) is 11.7 Å². The molecule has 1 aromatic rings. The molecule has 0 fully saturated rings. The molecule has 2 N–H and O–H groups in total. The average Bonchev–Trinajstić information content (AvgIpc) is 2.16. The SMILES string of the molecule is Cc1cc(CC(=O)C(C)C)ccc1C(N)=O. The van der Waals surface area contributed by atoms with Crippen molar-refractivity contribution in [3.05, 3.63) is 34.9 Å². The summed E-state index contributed by atoms with van der Waals surface area (Å²) in [4.78, 5) is 22.6. The third-order valence-electron chi connectivity index (χ3n) is 2.58. The maximum Gasteiger partial charge on any atom is 0.248 e. The van der Waals surface area contributed by atoms with Crippen LogP contribution in [0.2, 0.25) is 0 Å². The lowest BCUT2D eigenvalue weighted by molar-refractivity contribution is -0.121. The predicted molar refractivity (Wildman–Crippen MR) is 63.2 cm³/mol. The summed E-state index contributed by atoms with van der Waals surface area (Å²) in [6.45, 7) is 5.59. The number of hydrogen-bond acceptors (Lipinski definition) is 2. The number of carbonyl (C=O) groups excluding carboxylic acids is 2. The molecule has 0 atom stereocenters. The minimum absolute atomic E-state index is 0.0381. The fourth-order valence-electron chi connectivity index (χ4n) is 1.52. The Balaban J connectivity index is 2.90. The number of Topliss-reactive ketones (excluding diaryl/α,β-unsaturated/α-hetero) is 1. The van der Waals surface area contributed by atoms with Gasteiger partial charge in [-0.2, -0.15) is 0 Å². The van der Waals surface area contributed by atoms with Gasteiger partial charge in [0, 0.05) is 17.9 Å². The van der Waals surface area contributed by atoms with E-state index in [-0.39, 0.29) is 11.7 Å². The van der Waals surface area contributed by atoms with Gasteiger partial charge in [-0.1, -0.05) is 26.0 Å². The van der Waals surface area contributed by atoms with Crippen LogP contribution in [0.1, 0.15) is 35.3 Å². The predicted octanol–water partition coefficient (Wildman–Crippen LogP) is 1.86. The minimum atomic E-state index is -0.431. The van der Waals surface area contributed by atoms with E-state index in [1.54, 1.807) is 12.1 Å². The first-order chi connectivity index (χ1) is 7.41. The lowest BCUT2D eigenvalue weighted by Crippen LogP contribution is -2.14. The number of aryl methyl sites for hydroxylation is 1. The highest BCUT2D eigenvalue weighted by Crippen LogP contribution is 2.12. The van der Waals surface area contributed by atoms with E-state index >= 15 is 0 Å². The van der Waals surface area contributed by atoms with Crippen molar-refractivity contribution in [1.29, 1.82) is 0 Å². The molecule has 0 spiro atoms. The van der Waals surface area contributed by atoms with E-state index in [0.717, 1.165) is 11.1 Å². The van der Waals surface area contributed by atoms with Crippen LogP contribution >= 0.6 is 0 Å². The zero-order valence-corrected chi connectivity index (χ0v) is 9.91.